The first-order valence-electron chi connectivity index (χ1n) is 7.57. The molecule has 132 valence electrons. The van der Waals surface area contributed by atoms with Crippen LogP contribution in [0.15, 0.2) is 53.6 Å². The summed E-state index contributed by atoms with van der Waals surface area (Å²) in [6.45, 7) is 0.263. The second-order valence-corrected chi connectivity index (χ2v) is 6.29. The van der Waals surface area contributed by atoms with Crippen LogP contribution in [-0.4, -0.2) is 22.3 Å². The maximum absolute atomic E-state index is 13.0. The predicted molar refractivity (Wildman–Crippen MR) is 91.9 cm³/mol. The molecular weight excluding hydrogens is 363 g/mol. The third-order valence-corrected chi connectivity index (χ3v) is 4.33. The van der Waals surface area contributed by atoms with Crippen molar-refractivity contribution in [2.45, 2.75) is 11.2 Å². The summed E-state index contributed by atoms with van der Waals surface area (Å²) in [6.07, 6.45) is -4.60. The normalized spacial score (nSPS) is 11.3. The van der Waals surface area contributed by atoms with Crippen LogP contribution < -0.4 is 4.74 Å². The molecular formula is C18H12F3N3OS. The second-order valence-electron chi connectivity index (χ2n) is 5.20. The van der Waals surface area contributed by atoms with Crippen molar-refractivity contribution in [2.75, 3.05) is 12.4 Å². The topological polar surface area (TPSA) is 58.8 Å². The average Bonchev–Trinajstić information content (AvgIpc) is 2.64. The molecule has 4 nitrogen and oxygen atoms in total. The summed E-state index contributed by atoms with van der Waals surface area (Å²) in [5, 5.41) is 9.69. The highest BCUT2D eigenvalue weighted by Gasteiger charge is 2.35. The van der Waals surface area contributed by atoms with Crippen molar-refractivity contribution in [3.63, 3.8) is 0 Å². The SMILES string of the molecule is N#Cc1cccc(OCCSc2nc(C(F)(F)F)nc3ccccc23)c1. The molecule has 2 aromatic carbocycles. The van der Waals surface area contributed by atoms with Gasteiger partial charge in [0.05, 0.1) is 23.8 Å². The molecule has 0 fully saturated rings. The molecule has 0 saturated heterocycles. The van der Waals surface area contributed by atoms with Gasteiger partial charge in [0.25, 0.3) is 0 Å². The van der Waals surface area contributed by atoms with Crippen LogP contribution in [-0.2, 0) is 6.18 Å². The smallest absolute Gasteiger partial charge is 0.451 e. The molecule has 0 unspecified atom stereocenters. The lowest BCUT2D eigenvalue weighted by atomic mass is 10.2. The number of aromatic nitrogens is 2. The van der Waals surface area contributed by atoms with E-state index in [0.717, 1.165) is 0 Å². The van der Waals surface area contributed by atoms with Crippen LogP contribution in [0.4, 0.5) is 13.2 Å². The number of ether oxygens (including phenoxy) is 1. The lowest BCUT2D eigenvalue weighted by Crippen LogP contribution is -2.12. The fourth-order valence-electron chi connectivity index (χ4n) is 2.24. The molecule has 0 spiro atoms. The van der Waals surface area contributed by atoms with Gasteiger partial charge in [0, 0.05) is 11.1 Å². The van der Waals surface area contributed by atoms with Gasteiger partial charge >= 0.3 is 6.18 Å². The zero-order valence-electron chi connectivity index (χ0n) is 13.3. The Morgan fingerprint density at radius 2 is 1.88 bits per heavy atom. The third kappa shape index (κ3) is 4.24. The van der Waals surface area contributed by atoms with E-state index in [1.807, 2.05) is 6.07 Å². The Kier molecular flexibility index (Phi) is 5.28. The summed E-state index contributed by atoms with van der Waals surface area (Å²) in [4.78, 5) is 7.26. The lowest BCUT2D eigenvalue weighted by molar-refractivity contribution is -0.145. The van der Waals surface area contributed by atoms with Gasteiger partial charge in [-0.2, -0.15) is 18.4 Å². The molecule has 3 rings (SSSR count). The van der Waals surface area contributed by atoms with Gasteiger partial charge in [0.1, 0.15) is 10.8 Å². The van der Waals surface area contributed by atoms with Gasteiger partial charge in [-0.15, -0.1) is 11.8 Å². The van der Waals surface area contributed by atoms with Crippen molar-refractivity contribution < 1.29 is 17.9 Å². The van der Waals surface area contributed by atoms with Gasteiger partial charge in [-0.3, -0.25) is 0 Å². The van der Waals surface area contributed by atoms with Crippen LogP contribution in [0, 0.1) is 11.3 Å². The van der Waals surface area contributed by atoms with E-state index in [9.17, 15) is 13.2 Å². The Morgan fingerprint density at radius 3 is 2.65 bits per heavy atom. The minimum atomic E-state index is -4.60. The quantitative estimate of drug-likeness (QED) is 0.368. The monoisotopic (exact) mass is 375 g/mol. The number of rotatable bonds is 5. The van der Waals surface area contributed by atoms with Crippen molar-refractivity contribution >= 4 is 22.7 Å². The number of halogens is 3. The summed E-state index contributed by atoms with van der Waals surface area (Å²) < 4.78 is 44.5. The number of hydrogen-bond acceptors (Lipinski definition) is 5. The molecule has 0 aliphatic rings. The van der Waals surface area contributed by atoms with E-state index in [0.29, 0.717) is 22.5 Å². The van der Waals surface area contributed by atoms with E-state index >= 15 is 0 Å². The Hall–Kier alpha value is -2.79. The van der Waals surface area contributed by atoms with E-state index in [1.165, 1.54) is 17.8 Å². The van der Waals surface area contributed by atoms with Crippen molar-refractivity contribution in [3.05, 3.63) is 59.9 Å². The van der Waals surface area contributed by atoms with Crippen molar-refractivity contribution in [3.8, 4) is 11.8 Å². The van der Waals surface area contributed by atoms with Crippen molar-refractivity contribution in [2.24, 2.45) is 0 Å². The largest absolute Gasteiger partial charge is 0.493 e. The molecule has 0 bridgehead atoms. The summed E-state index contributed by atoms with van der Waals surface area (Å²) in [5.41, 5.74) is 0.728. The molecule has 8 heteroatoms. The van der Waals surface area contributed by atoms with Crippen molar-refractivity contribution in [1.29, 1.82) is 5.26 Å². The lowest BCUT2D eigenvalue weighted by Gasteiger charge is -2.11. The van der Waals surface area contributed by atoms with Gasteiger partial charge in [0.2, 0.25) is 5.82 Å². The number of hydrogen-bond donors (Lipinski definition) is 0. The van der Waals surface area contributed by atoms with Gasteiger partial charge < -0.3 is 4.74 Å². The van der Waals surface area contributed by atoms with Crippen LogP contribution >= 0.6 is 11.8 Å². The van der Waals surface area contributed by atoms with Gasteiger partial charge in [-0.05, 0) is 24.3 Å². The summed E-state index contributed by atoms with van der Waals surface area (Å²) >= 11 is 1.17. The number of nitriles is 1. The molecule has 1 aromatic heterocycles. The zero-order chi connectivity index (χ0) is 18.6. The third-order valence-electron chi connectivity index (χ3n) is 3.38. The van der Waals surface area contributed by atoms with Crippen LogP contribution in [0.2, 0.25) is 0 Å². The molecule has 3 aromatic rings. The Bertz CT molecular complexity index is 970. The average molecular weight is 375 g/mol. The molecule has 0 radical (unpaired) electrons. The number of thioether (sulfide) groups is 1. The van der Waals surface area contributed by atoms with Crippen molar-refractivity contribution in [1.82, 2.24) is 9.97 Å². The molecule has 1 heterocycles. The maximum Gasteiger partial charge on any atom is 0.451 e. The Labute approximate surface area is 151 Å². The highest BCUT2D eigenvalue weighted by atomic mass is 32.2. The Balaban J connectivity index is 1.73. The van der Waals surface area contributed by atoms with Gasteiger partial charge in [-0.1, -0.05) is 24.3 Å². The fraction of sp³-hybridized carbons (Fsp3) is 0.167. The number of alkyl halides is 3. The van der Waals surface area contributed by atoms with E-state index in [4.69, 9.17) is 10.00 Å². The first-order chi connectivity index (χ1) is 12.5. The molecule has 0 N–H and O–H groups in total. The highest BCUT2D eigenvalue weighted by Crippen LogP contribution is 2.32. The molecule has 0 saturated carbocycles. The molecule has 26 heavy (non-hydrogen) atoms. The number of fused-ring (bicyclic) bond motifs is 1. The van der Waals surface area contributed by atoms with Crippen LogP contribution in [0.5, 0.6) is 5.75 Å². The van der Waals surface area contributed by atoms with Gasteiger partial charge in [0.15, 0.2) is 0 Å². The fourth-order valence-corrected chi connectivity index (χ4v) is 3.08. The minimum absolute atomic E-state index is 0.250. The molecule has 0 amide bonds. The number of para-hydroxylation sites is 1. The summed E-state index contributed by atoms with van der Waals surface area (Å²) in [5.74, 6) is -0.218. The summed E-state index contributed by atoms with van der Waals surface area (Å²) in [6, 6.07) is 15.3. The standard InChI is InChI=1S/C18H12F3N3OS/c19-18(20,21)17-23-15-7-2-1-6-14(15)16(24-17)26-9-8-25-13-5-3-4-12(10-13)11-22/h1-7,10H,8-9H2. The van der Waals surface area contributed by atoms with E-state index in [1.54, 1.807) is 42.5 Å². The maximum atomic E-state index is 13.0. The first-order valence-corrected chi connectivity index (χ1v) is 8.55. The summed E-state index contributed by atoms with van der Waals surface area (Å²) in [7, 11) is 0. The number of nitrogens with zero attached hydrogens (tertiary/aromatic N) is 3. The Morgan fingerprint density at radius 1 is 1.08 bits per heavy atom. The molecule has 0 aliphatic carbocycles. The minimum Gasteiger partial charge on any atom is -0.493 e. The highest BCUT2D eigenvalue weighted by molar-refractivity contribution is 7.99. The van der Waals surface area contributed by atoms with Crippen LogP contribution in [0.25, 0.3) is 10.9 Å². The molecule has 0 aliphatic heterocycles. The molecule has 0 atom stereocenters. The van der Waals surface area contributed by atoms with E-state index in [-0.39, 0.29) is 17.1 Å². The van der Waals surface area contributed by atoms with Crippen LogP contribution in [0.3, 0.4) is 0 Å². The van der Waals surface area contributed by atoms with E-state index < -0.39 is 12.0 Å². The van der Waals surface area contributed by atoms with Gasteiger partial charge in [-0.25, -0.2) is 9.97 Å². The zero-order valence-corrected chi connectivity index (χ0v) is 14.1. The van der Waals surface area contributed by atoms with E-state index in [2.05, 4.69) is 9.97 Å². The van der Waals surface area contributed by atoms with Crippen LogP contribution in [0.1, 0.15) is 11.4 Å². The second kappa shape index (κ2) is 7.62. The first kappa shape index (κ1) is 18.0. The predicted octanol–water partition coefficient (Wildman–Crippen LogP) is 4.69. The number of benzene rings is 2.